The molecule has 1 saturated carbocycles. The van der Waals surface area contributed by atoms with Crippen molar-refractivity contribution in [1.29, 1.82) is 0 Å². The van der Waals surface area contributed by atoms with Crippen LogP contribution < -0.4 is 16.8 Å². The Hall–Kier alpha value is -1.59. The van der Waals surface area contributed by atoms with Crippen LogP contribution in [0.15, 0.2) is 27.4 Å². The van der Waals surface area contributed by atoms with E-state index >= 15 is 0 Å². The van der Waals surface area contributed by atoms with Gasteiger partial charge in [-0.2, -0.15) is 0 Å². The maximum Gasteiger partial charge on any atom is 0.417 e. The summed E-state index contributed by atoms with van der Waals surface area (Å²) in [6, 6.07) is 5.77. The number of nitrogens with one attached hydrogen (secondary N) is 2. The summed E-state index contributed by atoms with van der Waals surface area (Å²) < 4.78 is 5.05. The summed E-state index contributed by atoms with van der Waals surface area (Å²) in [4.78, 5) is 13.7. The van der Waals surface area contributed by atoms with Gasteiger partial charge in [-0.3, -0.25) is 4.98 Å². The third kappa shape index (κ3) is 2.43. The smallest absolute Gasteiger partial charge is 0.408 e. The molecule has 0 unspecified atom stereocenters. The maximum atomic E-state index is 11.1. The summed E-state index contributed by atoms with van der Waals surface area (Å²) in [6.07, 6.45) is 3.74. The van der Waals surface area contributed by atoms with Gasteiger partial charge < -0.3 is 15.5 Å². The second kappa shape index (κ2) is 4.83. The van der Waals surface area contributed by atoms with E-state index in [4.69, 9.17) is 10.2 Å². The van der Waals surface area contributed by atoms with Crippen molar-refractivity contribution in [3.8, 4) is 0 Å². The molecule has 5 heteroatoms. The van der Waals surface area contributed by atoms with Gasteiger partial charge in [0, 0.05) is 13.1 Å². The Morgan fingerprint density at radius 1 is 1.42 bits per heavy atom. The van der Waals surface area contributed by atoms with E-state index in [2.05, 4.69) is 10.3 Å². The molecule has 19 heavy (non-hydrogen) atoms. The number of aromatic nitrogens is 1. The minimum absolute atomic E-state index is 0.310. The number of oxazole rings is 1. The normalized spacial score (nSPS) is 17.5. The van der Waals surface area contributed by atoms with Gasteiger partial charge >= 0.3 is 5.76 Å². The fraction of sp³-hybridized carbons (Fsp3) is 0.500. The molecule has 0 spiro atoms. The van der Waals surface area contributed by atoms with Gasteiger partial charge in [-0.05, 0) is 42.5 Å². The van der Waals surface area contributed by atoms with Crippen molar-refractivity contribution >= 4 is 11.1 Å². The molecular weight excluding hydrogens is 242 g/mol. The second-order valence-electron chi connectivity index (χ2n) is 5.51. The van der Waals surface area contributed by atoms with Crippen molar-refractivity contribution in [2.75, 3.05) is 13.1 Å². The van der Waals surface area contributed by atoms with E-state index in [0.29, 0.717) is 11.0 Å². The van der Waals surface area contributed by atoms with E-state index in [0.717, 1.165) is 30.7 Å². The van der Waals surface area contributed by atoms with Crippen LogP contribution in [0.2, 0.25) is 0 Å². The third-order valence-electron chi connectivity index (χ3n) is 4.16. The Bertz CT molecular complexity index is 619. The standard InChI is InChI=1S/C14H19N3O2/c15-8-14(4-1-5-14)9-16-7-10-2-3-11-12(6-10)19-13(18)17-11/h2-3,6,16H,1,4-5,7-9,15H2,(H,17,18). The van der Waals surface area contributed by atoms with Gasteiger partial charge in [-0.15, -0.1) is 0 Å². The predicted molar refractivity (Wildman–Crippen MR) is 73.9 cm³/mol. The average molecular weight is 261 g/mol. The lowest BCUT2D eigenvalue weighted by atomic mass is 9.69. The summed E-state index contributed by atoms with van der Waals surface area (Å²) in [5.74, 6) is -0.406. The van der Waals surface area contributed by atoms with Gasteiger partial charge in [0.1, 0.15) is 0 Å². The first-order valence-corrected chi connectivity index (χ1v) is 6.73. The Morgan fingerprint density at radius 3 is 2.95 bits per heavy atom. The summed E-state index contributed by atoms with van der Waals surface area (Å²) in [7, 11) is 0. The van der Waals surface area contributed by atoms with E-state index in [1.54, 1.807) is 0 Å². The first-order valence-electron chi connectivity index (χ1n) is 6.73. The number of nitrogens with two attached hydrogens (primary N) is 1. The molecule has 0 amide bonds. The van der Waals surface area contributed by atoms with Crippen molar-refractivity contribution in [1.82, 2.24) is 10.3 Å². The average Bonchev–Trinajstić information content (AvgIpc) is 2.72. The lowest BCUT2D eigenvalue weighted by Gasteiger charge is -2.41. The highest BCUT2D eigenvalue weighted by molar-refractivity contribution is 5.72. The van der Waals surface area contributed by atoms with Gasteiger partial charge in [-0.1, -0.05) is 12.5 Å². The quantitative estimate of drug-likeness (QED) is 0.758. The van der Waals surface area contributed by atoms with E-state index in [9.17, 15) is 4.79 Å². The Balaban J connectivity index is 1.63. The molecule has 1 aromatic carbocycles. The summed E-state index contributed by atoms with van der Waals surface area (Å²) >= 11 is 0. The Kier molecular flexibility index (Phi) is 3.16. The number of benzene rings is 1. The minimum atomic E-state index is -0.406. The molecule has 0 aliphatic heterocycles. The number of aromatic amines is 1. The van der Waals surface area contributed by atoms with Crippen LogP contribution in [-0.2, 0) is 6.54 Å². The van der Waals surface area contributed by atoms with E-state index in [-0.39, 0.29) is 0 Å². The van der Waals surface area contributed by atoms with E-state index in [1.807, 2.05) is 18.2 Å². The van der Waals surface area contributed by atoms with Crippen LogP contribution in [0, 0.1) is 5.41 Å². The Labute approximate surface area is 111 Å². The van der Waals surface area contributed by atoms with Crippen molar-refractivity contribution in [2.24, 2.45) is 11.1 Å². The second-order valence-corrected chi connectivity index (χ2v) is 5.51. The maximum absolute atomic E-state index is 11.1. The van der Waals surface area contributed by atoms with Crippen molar-refractivity contribution < 1.29 is 4.42 Å². The van der Waals surface area contributed by atoms with Gasteiger partial charge in [-0.25, -0.2) is 4.79 Å². The highest BCUT2D eigenvalue weighted by atomic mass is 16.4. The molecule has 0 bridgehead atoms. The third-order valence-corrected chi connectivity index (χ3v) is 4.16. The van der Waals surface area contributed by atoms with Crippen molar-refractivity contribution in [2.45, 2.75) is 25.8 Å². The molecule has 3 rings (SSSR count). The first kappa shape index (κ1) is 12.4. The van der Waals surface area contributed by atoms with E-state index < -0.39 is 5.76 Å². The number of hydrogen-bond acceptors (Lipinski definition) is 4. The highest BCUT2D eigenvalue weighted by Crippen LogP contribution is 2.39. The number of hydrogen-bond donors (Lipinski definition) is 3. The first-order chi connectivity index (χ1) is 9.21. The lowest BCUT2D eigenvalue weighted by molar-refractivity contribution is 0.141. The predicted octanol–water partition coefficient (Wildman–Crippen LogP) is 1.34. The van der Waals surface area contributed by atoms with Crippen molar-refractivity contribution in [3.63, 3.8) is 0 Å². The number of H-pyrrole nitrogens is 1. The molecule has 102 valence electrons. The van der Waals surface area contributed by atoms with E-state index in [1.165, 1.54) is 19.3 Å². The fourth-order valence-electron chi connectivity index (χ4n) is 2.70. The SMILES string of the molecule is NCC1(CNCc2ccc3[nH]c(=O)oc3c2)CCC1. The Morgan fingerprint density at radius 2 is 2.26 bits per heavy atom. The number of rotatable bonds is 5. The number of fused-ring (bicyclic) bond motifs is 1. The fourth-order valence-corrected chi connectivity index (χ4v) is 2.70. The zero-order valence-electron chi connectivity index (χ0n) is 10.9. The topological polar surface area (TPSA) is 84.0 Å². The zero-order valence-corrected chi connectivity index (χ0v) is 10.9. The highest BCUT2D eigenvalue weighted by Gasteiger charge is 2.34. The molecule has 1 aromatic heterocycles. The van der Waals surface area contributed by atoms with Crippen LogP contribution in [0.1, 0.15) is 24.8 Å². The van der Waals surface area contributed by atoms with Gasteiger partial charge in [0.2, 0.25) is 0 Å². The molecule has 0 atom stereocenters. The van der Waals surface area contributed by atoms with Crippen LogP contribution in [0.25, 0.3) is 11.1 Å². The molecule has 1 fully saturated rings. The summed E-state index contributed by atoms with van der Waals surface area (Å²) in [5, 5.41) is 3.46. The van der Waals surface area contributed by atoms with Gasteiger partial charge in [0.15, 0.2) is 5.58 Å². The molecule has 2 aromatic rings. The van der Waals surface area contributed by atoms with Crippen LogP contribution in [0.4, 0.5) is 0 Å². The minimum Gasteiger partial charge on any atom is -0.408 e. The molecular formula is C14H19N3O2. The summed E-state index contributed by atoms with van der Waals surface area (Å²) in [5.41, 5.74) is 8.61. The monoisotopic (exact) mass is 261 g/mol. The van der Waals surface area contributed by atoms with Crippen LogP contribution in [-0.4, -0.2) is 18.1 Å². The molecule has 1 aliphatic carbocycles. The molecule has 5 nitrogen and oxygen atoms in total. The molecule has 0 saturated heterocycles. The summed E-state index contributed by atoms with van der Waals surface area (Å²) in [6.45, 7) is 2.48. The van der Waals surface area contributed by atoms with Gasteiger partial charge in [0.05, 0.1) is 5.52 Å². The molecule has 4 N–H and O–H groups in total. The van der Waals surface area contributed by atoms with Crippen LogP contribution in [0.5, 0.6) is 0 Å². The molecule has 1 aliphatic rings. The lowest BCUT2D eigenvalue weighted by Crippen LogP contribution is -2.45. The van der Waals surface area contributed by atoms with Crippen molar-refractivity contribution in [3.05, 3.63) is 34.3 Å². The molecule has 0 radical (unpaired) electrons. The van der Waals surface area contributed by atoms with Crippen LogP contribution in [0.3, 0.4) is 0 Å². The van der Waals surface area contributed by atoms with Gasteiger partial charge in [0.25, 0.3) is 0 Å². The molecule has 1 heterocycles. The zero-order chi connectivity index (χ0) is 13.3. The largest absolute Gasteiger partial charge is 0.417 e. The van der Waals surface area contributed by atoms with Crippen LogP contribution >= 0.6 is 0 Å².